The molecule has 3 N–H and O–H groups in total. The summed E-state index contributed by atoms with van der Waals surface area (Å²) in [7, 11) is 0. The van der Waals surface area contributed by atoms with Crippen LogP contribution in [0.4, 0.5) is 17.3 Å². The highest BCUT2D eigenvalue weighted by Gasteiger charge is 2.15. The quantitative estimate of drug-likeness (QED) is 0.355. The molecule has 28 heavy (non-hydrogen) atoms. The van der Waals surface area contributed by atoms with Gasteiger partial charge in [0, 0.05) is 23.4 Å². The van der Waals surface area contributed by atoms with Gasteiger partial charge in [-0.3, -0.25) is 10.1 Å². The molecule has 138 valence electrons. The monoisotopic (exact) mass is 376 g/mol. The molecule has 0 unspecified atom stereocenters. The molecule has 0 fully saturated rings. The Balaban J connectivity index is 1.80. The van der Waals surface area contributed by atoms with E-state index in [1.54, 1.807) is 24.3 Å². The molecule has 2 aromatic heterocycles. The van der Waals surface area contributed by atoms with Crippen molar-refractivity contribution in [2.24, 2.45) is 0 Å². The number of hydrogen-bond acceptors (Lipinski definition) is 7. The summed E-state index contributed by atoms with van der Waals surface area (Å²) in [5.74, 6) is -0.864. The number of nitro groups is 1. The molecule has 0 spiro atoms. The number of nitrogens with one attached hydrogen (secondary N) is 2. The molecule has 0 saturated heterocycles. The summed E-state index contributed by atoms with van der Waals surface area (Å²) >= 11 is 0. The number of aromatic nitrogens is 4. The van der Waals surface area contributed by atoms with Gasteiger partial charge in [-0.2, -0.15) is 4.98 Å². The van der Waals surface area contributed by atoms with Crippen LogP contribution in [0.2, 0.25) is 0 Å². The van der Waals surface area contributed by atoms with Crippen LogP contribution in [0, 0.1) is 10.1 Å². The van der Waals surface area contributed by atoms with Crippen molar-refractivity contribution >= 4 is 34.5 Å². The van der Waals surface area contributed by atoms with Crippen LogP contribution < -0.4 is 5.32 Å². The zero-order valence-electron chi connectivity index (χ0n) is 14.2. The second-order valence-corrected chi connectivity index (χ2v) is 5.81. The highest BCUT2D eigenvalue weighted by atomic mass is 16.6. The average Bonchev–Trinajstić information content (AvgIpc) is 3.16. The van der Waals surface area contributed by atoms with E-state index in [4.69, 9.17) is 0 Å². The molecule has 0 aliphatic carbocycles. The number of benzene rings is 2. The standard InChI is InChI=1S/C18H12N6O4/c25-17(26)11-4-1-3-10(7-11)14-15-16(20-9-19-15)23-18(22-14)21-12-5-2-6-13(8-12)24(27)28/h1-9H,(H,25,26)(H2,19,20,21,22,23). The molecule has 0 amide bonds. The van der Waals surface area contributed by atoms with Crippen LogP contribution in [0.15, 0.2) is 54.9 Å². The van der Waals surface area contributed by atoms with E-state index in [1.165, 1.54) is 30.6 Å². The first-order valence-corrected chi connectivity index (χ1v) is 8.07. The number of non-ortho nitro benzene ring substituents is 1. The van der Waals surface area contributed by atoms with Gasteiger partial charge < -0.3 is 15.4 Å². The van der Waals surface area contributed by atoms with E-state index in [1.807, 2.05) is 0 Å². The van der Waals surface area contributed by atoms with E-state index < -0.39 is 10.9 Å². The van der Waals surface area contributed by atoms with Crippen molar-refractivity contribution in [1.82, 2.24) is 19.9 Å². The second kappa shape index (κ2) is 6.76. The summed E-state index contributed by atoms with van der Waals surface area (Å²) in [6, 6.07) is 12.3. The Kier molecular flexibility index (Phi) is 4.13. The van der Waals surface area contributed by atoms with E-state index in [0.29, 0.717) is 28.1 Å². The SMILES string of the molecule is O=C(O)c1cccc(-c2nc(Nc3cccc([N+](=O)[O-])c3)nc3[nH]cnc23)c1. The van der Waals surface area contributed by atoms with Gasteiger partial charge in [0.05, 0.1) is 16.8 Å². The maximum absolute atomic E-state index is 11.3. The number of carboxylic acids is 1. The maximum Gasteiger partial charge on any atom is 0.335 e. The number of aromatic carboxylic acids is 1. The summed E-state index contributed by atoms with van der Waals surface area (Å²) in [4.78, 5) is 37.6. The first kappa shape index (κ1) is 17.1. The molecule has 10 nitrogen and oxygen atoms in total. The normalized spacial score (nSPS) is 10.7. The first-order valence-electron chi connectivity index (χ1n) is 8.07. The van der Waals surface area contributed by atoms with Crippen molar-refractivity contribution in [2.75, 3.05) is 5.32 Å². The van der Waals surface area contributed by atoms with Crippen molar-refractivity contribution in [1.29, 1.82) is 0 Å². The van der Waals surface area contributed by atoms with Gasteiger partial charge in [-0.25, -0.2) is 14.8 Å². The molecule has 0 bridgehead atoms. The number of carboxylic acid groups (broad SMARTS) is 1. The number of imidazole rings is 1. The minimum atomic E-state index is -1.05. The molecule has 0 aliphatic rings. The maximum atomic E-state index is 11.3. The third-order valence-electron chi connectivity index (χ3n) is 3.98. The molecule has 0 atom stereocenters. The van der Waals surface area contributed by atoms with Gasteiger partial charge in [-0.1, -0.05) is 18.2 Å². The predicted octanol–water partition coefficient (Wildman–Crippen LogP) is 3.37. The number of anilines is 2. The largest absolute Gasteiger partial charge is 0.478 e. The fraction of sp³-hybridized carbons (Fsp3) is 0. The van der Waals surface area contributed by atoms with Crippen molar-refractivity contribution in [2.45, 2.75) is 0 Å². The Bertz CT molecular complexity index is 1220. The fourth-order valence-corrected chi connectivity index (χ4v) is 2.72. The Labute approximate surface area is 157 Å². The van der Waals surface area contributed by atoms with Crippen molar-refractivity contribution in [3.8, 4) is 11.3 Å². The molecule has 0 radical (unpaired) electrons. The average molecular weight is 376 g/mol. The number of H-pyrrole nitrogens is 1. The molecule has 2 heterocycles. The lowest BCUT2D eigenvalue weighted by Gasteiger charge is -2.08. The molecule has 4 aromatic rings. The van der Waals surface area contributed by atoms with Gasteiger partial charge in [-0.05, 0) is 18.2 Å². The van der Waals surface area contributed by atoms with Crippen LogP contribution >= 0.6 is 0 Å². The van der Waals surface area contributed by atoms with Crippen molar-refractivity contribution < 1.29 is 14.8 Å². The van der Waals surface area contributed by atoms with E-state index in [0.717, 1.165) is 0 Å². The zero-order valence-corrected chi connectivity index (χ0v) is 14.2. The lowest BCUT2D eigenvalue weighted by atomic mass is 10.1. The highest BCUT2D eigenvalue weighted by molar-refractivity contribution is 5.93. The Morgan fingerprint density at radius 3 is 2.75 bits per heavy atom. The number of nitrogens with zero attached hydrogens (tertiary/aromatic N) is 4. The first-order chi connectivity index (χ1) is 13.5. The fourth-order valence-electron chi connectivity index (χ4n) is 2.72. The molecular formula is C18H12N6O4. The lowest BCUT2D eigenvalue weighted by Crippen LogP contribution is -2.01. The third kappa shape index (κ3) is 3.21. The number of rotatable bonds is 5. The molecule has 10 heteroatoms. The van der Waals surface area contributed by atoms with Crippen LogP contribution in [0.3, 0.4) is 0 Å². The van der Waals surface area contributed by atoms with Gasteiger partial charge in [0.15, 0.2) is 5.65 Å². The lowest BCUT2D eigenvalue weighted by molar-refractivity contribution is -0.384. The van der Waals surface area contributed by atoms with Crippen LogP contribution in [0.5, 0.6) is 0 Å². The summed E-state index contributed by atoms with van der Waals surface area (Å²) in [5.41, 5.74) is 2.41. The van der Waals surface area contributed by atoms with E-state index in [9.17, 15) is 20.0 Å². The van der Waals surface area contributed by atoms with Crippen LogP contribution in [-0.2, 0) is 0 Å². The van der Waals surface area contributed by atoms with E-state index in [-0.39, 0.29) is 17.2 Å². The van der Waals surface area contributed by atoms with E-state index in [2.05, 4.69) is 25.3 Å². The molecule has 2 aromatic carbocycles. The predicted molar refractivity (Wildman–Crippen MR) is 100 cm³/mol. The molecule has 4 rings (SSSR count). The van der Waals surface area contributed by atoms with Crippen LogP contribution in [-0.4, -0.2) is 35.9 Å². The summed E-state index contributed by atoms with van der Waals surface area (Å²) in [6.45, 7) is 0. The second-order valence-electron chi connectivity index (χ2n) is 5.81. The summed E-state index contributed by atoms with van der Waals surface area (Å²) in [6.07, 6.45) is 1.46. The van der Waals surface area contributed by atoms with Gasteiger partial charge in [0.1, 0.15) is 11.2 Å². The number of carbonyl (C=O) groups is 1. The smallest absolute Gasteiger partial charge is 0.335 e. The van der Waals surface area contributed by atoms with Crippen molar-refractivity contribution in [3.63, 3.8) is 0 Å². The molecular weight excluding hydrogens is 364 g/mol. The Morgan fingerprint density at radius 1 is 1.14 bits per heavy atom. The molecule has 0 saturated carbocycles. The van der Waals surface area contributed by atoms with Crippen LogP contribution in [0.25, 0.3) is 22.4 Å². The number of nitro benzene ring substituents is 1. The van der Waals surface area contributed by atoms with Crippen LogP contribution in [0.1, 0.15) is 10.4 Å². The Morgan fingerprint density at radius 2 is 1.96 bits per heavy atom. The highest BCUT2D eigenvalue weighted by Crippen LogP contribution is 2.27. The third-order valence-corrected chi connectivity index (χ3v) is 3.98. The number of hydrogen-bond donors (Lipinski definition) is 3. The number of fused-ring (bicyclic) bond motifs is 1. The van der Waals surface area contributed by atoms with Gasteiger partial charge in [-0.15, -0.1) is 0 Å². The molecule has 0 aliphatic heterocycles. The van der Waals surface area contributed by atoms with Gasteiger partial charge in [0.2, 0.25) is 5.95 Å². The number of aromatic amines is 1. The van der Waals surface area contributed by atoms with Gasteiger partial charge in [0.25, 0.3) is 5.69 Å². The Hall–Kier alpha value is -4.34. The summed E-state index contributed by atoms with van der Waals surface area (Å²) in [5, 5.41) is 23.1. The minimum absolute atomic E-state index is 0.0676. The summed E-state index contributed by atoms with van der Waals surface area (Å²) < 4.78 is 0. The topological polar surface area (TPSA) is 147 Å². The van der Waals surface area contributed by atoms with E-state index >= 15 is 0 Å². The minimum Gasteiger partial charge on any atom is -0.478 e. The zero-order chi connectivity index (χ0) is 19.7. The van der Waals surface area contributed by atoms with Crippen molar-refractivity contribution in [3.05, 3.63) is 70.5 Å². The van der Waals surface area contributed by atoms with Gasteiger partial charge >= 0.3 is 5.97 Å².